The highest BCUT2D eigenvalue weighted by atomic mass is 35.5. The molecule has 1 aliphatic heterocycles. The van der Waals surface area contributed by atoms with Gasteiger partial charge in [-0.05, 0) is 32.0 Å². The molecule has 3 rings (SSSR count). The first-order valence-corrected chi connectivity index (χ1v) is 7.57. The summed E-state index contributed by atoms with van der Waals surface area (Å²) in [6.07, 6.45) is 3.12. The van der Waals surface area contributed by atoms with Gasteiger partial charge in [-0.3, -0.25) is 4.90 Å². The molecule has 0 aliphatic carbocycles. The summed E-state index contributed by atoms with van der Waals surface area (Å²) in [7, 11) is 2.04. The normalized spacial score (nSPS) is 19.3. The second-order valence-electron chi connectivity index (χ2n) is 5.81. The first-order valence-electron chi connectivity index (χ1n) is 7.19. The SMILES string of the molecule is Cc1cn(C)c(C2CCN(Cc3ccc(Cl)cc3F)C2)n1. The highest BCUT2D eigenvalue weighted by molar-refractivity contribution is 6.30. The van der Waals surface area contributed by atoms with Crippen molar-refractivity contribution in [2.45, 2.75) is 25.8 Å². The minimum absolute atomic E-state index is 0.223. The van der Waals surface area contributed by atoms with Gasteiger partial charge in [0.25, 0.3) is 0 Å². The van der Waals surface area contributed by atoms with Gasteiger partial charge in [0.05, 0.1) is 5.69 Å². The van der Waals surface area contributed by atoms with Crippen molar-refractivity contribution in [1.82, 2.24) is 14.5 Å². The number of likely N-dealkylation sites (tertiary alicyclic amines) is 1. The molecule has 0 N–H and O–H groups in total. The molecule has 3 nitrogen and oxygen atoms in total. The Morgan fingerprint density at radius 3 is 2.90 bits per heavy atom. The lowest BCUT2D eigenvalue weighted by Crippen LogP contribution is -2.21. The van der Waals surface area contributed by atoms with Crippen LogP contribution in [0.15, 0.2) is 24.4 Å². The Kier molecular flexibility index (Phi) is 4.00. The lowest BCUT2D eigenvalue weighted by molar-refractivity contribution is 0.319. The molecule has 0 bridgehead atoms. The van der Waals surface area contributed by atoms with Crippen molar-refractivity contribution in [3.05, 3.63) is 52.3 Å². The molecule has 1 atom stereocenters. The Balaban J connectivity index is 1.68. The summed E-state index contributed by atoms with van der Waals surface area (Å²) in [6.45, 7) is 4.53. The van der Waals surface area contributed by atoms with E-state index in [1.807, 2.05) is 14.0 Å². The van der Waals surface area contributed by atoms with Crippen molar-refractivity contribution in [3.8, 4) is 0 Å². The third kappa shape index (κ3) is 3.11. The molecule has 0 amide bonds. The lowest BCUT2D eigenvalue weighted by atomic mass is 10.1. The van der Waals surface area contributed by atoms with Crippen LogP contribution in [0.4, 0.5) is 4.39 Å². The van der Waals surface area contributed by atoms with E-state index in [1.165, 1.54) is 6.07 Å². The third-order valence-corrected chi connectivity index (χ3v) is 4.31. The van der Waals surface area contributed by atoms with Gasteiger partial charge in [-0.15, -0.1) is 0 Å². The fraction of sp³-hybridized carbons (Fsp3) is 0.438. The van der Waals surface area contributed by atoms with Crippen LogP contribution in [0, 0.1) is 12.7 Å². The zero-order valence-corrected chi connectivity index (χ0v) is 13.1. The van der Waals surface area contributed by atoms with Crippen LogP contribution in [0.2, 0.25) is 5.02 Å². The number of aromatic nitrogens is 2. The second kappa shape index (κ2) is 5.78. The molecule has 1 aliphatic rings. The van der Waals surface area contributed by atoms with Crippen molar-refractivity contribution < 1.29 is 4.39 Å². The molecule has 0 radical (unpaired) electrons. The van der Waals surface area contributed by atoms with E-state index in [-0.39, 0.29) is 5.82 Å². The highest BCUT2D eigenvalue weighted by Gasteiger charge is 2.27. The van der Waals surface area contributed by atoms with Crippen LogP contribution >= 0.6 is 11.6 Å². The summed E-state index contributed by atoms with van der Waals surface area (Å²) < 4.78 is 16.0. The molecule has 1 fully saturated rings. The maximum absolute atomic E-state index is 13.9. The molecule has 112 valence electrons. The topological polar surface area (TPSA) is 21.1 Å². The predicted molar refractivity (Wildman–Crippen MR) is 82.0 cm³/mol. The lowest BCUT2D eigenvalue weighted by Gasteiger charge is -2.16. The van der Waals surface area contributed by atoms with Crippen molar-refractivity contribution in [2.24, 2.45) is 7.05 Å². The largest absolute Gasteiger partial charge is 0.337 e. The van der Waals surface area contributed by atoms with Gasteiger partial charge in [0.15, 0.2) is 0 Å². The number of imidazole rings is 1. The molecule has 1 aromatic heterocycles. The minimum Gasteiger partial charge on any atom is -0.337 e. The number of nitrogens with zero attached hydrogens (tertiary/aromatic N) is 3. The second-order valence-corrected chi connectivity index (χ2v) is 6.24. The van der Waals surface area contributed by atoms with Crippen LogP contribution in [-0.2, 0) is 13.6 Å². The molecule has 2 aromatic rings. The highest BCUT2D eigenvalue weighted by Crippen LogP contribution is 2.28. The number of hydrogen-bond acceptors (Lipinski definition) is 2. The Hall–Kier alpha value is -1.39. The van der Waals surface area contributed by atoms with Gasteiger partial charge in [-0.1, -0.05) is 17.7 Å². The van der Waals surface area contributed by atoms with E-state index >= 15 is 0 Å². The van der Waals surface area contributed by atoms with Crippen molar-refractivity contribution in [1.29, 1.82) is 0 Å². The van der Waals surface area contributed by atoms with Crippen LogP contribution in [-0.4, -0.2) is 27.5 Å². The molecule has 21 heavy (non-hydrogen) atoms. The summed E-state index contributed by atoms with van der Waals surface area (Å²) in [5.74, 6) is 1.34. The maximum Gasteiger partial charge on any atom is 0.129 e. The van der Waals surface area contributed by atoms with E-state index in [2.05, 4.69) is 20.6 Å². The van der Waals surface area contributed by atoms with Gasteiger partial charge in [0.1, 0.15) is 11.6 Å². The Morgan fingerprint density at radius 1 is 1.43 bits per heavy atom. The van der Waals surface area contributed by atoms with E-state index in [1.54, 1.807) is 12.1 Å². The van der Waals surface area contributed by atoms with Crippen molar-refractivity contribution >= 4 is 11.6 Å². The Morgan fingerprint density at radius 2 is 2.24 bits per heavy atom. The number of hydrogen-bond donors (Lipinski definition) is 0. The molecule has 2 heterocycles. The van der Waals surface area contributed by atoms with Crippen LogP contribution < -0.4 is 0 Å². The zero-order chi connectivity index (χ0) is 15.0. The van der Waals surface area contributed by atoms with E-state index in [4.69, 9.17) is 11.6 Å². The third-order valence-electron chi connectivity index (χ3n) is 4.08. The standard InChI is InChI=1S/C16H19ClFN3/c1-11-8-20(2)16(19-11)13-5-6-21(10-13)9-12-3-4-14(17)7-15(12)18/h3-4,7-8,13H,5-6,9-10H2,1-2H3. The summed E-state index contributed by atoms with van der Waals surface area (Å²) in [4.78, 5) is 6.89. The minimum atomic E-state index is -0.223. The molecule has 5 heteroatoms. The average Bonchev–Trinajstić information content (AvgIpc) is 2.99. The van der Waals surface area contributed by atoms with Crippen LogP contribution in [0.5, 0.6) is 0 Å². The smallest absolute Gasteiger partial charge is 0.129 e. The Bertz CT molecular complexity index is 653. The molecule has 1 saturated heterocycles. The van der Waals surface area contributed by atoms with E-state index < -0.39 is 0 Å². The van der Waals surface area contributed by atoms with Gasteiger partial charge in [0.2, 0.25) is 0 Å². The summed E-state index contributed by atoms with van der Waals surface area (Å²) in [5.41, 5.74) is 1.76. The first-order chi connectivity index (χ1) is 10.0. The molecule has 0 saturated carbocycles. The first kappa shape index (κ1) is 14.5. The van der Waals surface area contributed by atoms with Crippen LogP contribution in [0.3, 0.4) is 0 Å². The van der Waals surface area contributed by atoms with E-state index in [0.717, 1.165) is 31.0 Å². The molecule has 0 spiro atoms. The number of rotatable bonds is 3. The van der Waals surface area contributed by atoms with E-state index in [0.29, 0.717) is 23.0 Å². The molecular weight excluding hydrogens is 289 g/mol. The van der Waals surface area contributed by atoms with Gasteiger partial charge in [0, 0.05) is 42.8 Å². The van der Waals surface area contributed by atoms with Crippen molar-refractivity contribution in [3.63, 3.8) is 0 Å². The molecular formula is C16H19ClFN3. The van der Waals surface area contributed by atoms with Crippen LogP contribution in [0.25, 0.3) is 0 Å². The number of halogens is 2. The fourth-order valence-electron chi connectivity index (χ4n) is 3.09. The zero-order valence-electron chi connectivity index (χ0n) is 12.3. The monoisotopic (exact) mass is 307 g/mol. The van der Waals surface area contributed by atoms with E-state index in [9.17, 15) is 4.39 Å². The quantitative estimate of drug-likeness (QED) is 0.865. The fourth-order valence-corrected chi connectivity index (χ4v) is 3.25. The molecule has 1 unspecified atom stereocenters. The Labute approximate surface area is 129 Å². The average molecular weight is 308 g/mol. The van der Waals surface area contributed by atoms with Crippen molar-refractivity contribution in [2.75, 3.05) is 13.1 Å². The predicted octanol–water partition coefficient (Wildman–Crippen LogP) is 3.51. The summed E-state index contributed by atoms with van der Waals surface area (Å²) in [5, 5.41) is 0.444. The van der Waals surface area contributed by atoms with Gasteiger partial charge < -0.3 is 4.57 Å². The summed E-state index contributed by atoms with van der Waals surface area (Å²) >= 11 is 5.79. The van der Waals surface area contributed by atoms with Crippen LogP contribution in [0.1, 0.15) is 29.4 Å². The number of aryl methyl sites for hydroxylation is 2. The summed E-state index contributed by atoms with van der Waals surface area (Å²) in [6, 6.07) is 4.90. The number of benzene rings is 1. The molecule has 1 aromatic carbocycles. The van der Waals surface area contributed by atoms with Gasteiger partial charge in [-0.25, -0.2) is 9.37 Å². The maximum atomic E-state index is 13.9. The van der Waals surface area contributed by atoms with Gasteiger partial charge in [-0.2, -0.15) is 0 Å². The van der Waals surface area contributed by atoms with Gasteiger partial charge >= 0.3 is 0 Å².